The van der Waals surface area contributed by atoms with Crippen LogP contribution in [0, 0.1) is 6.92 Å². The van der Waals surface area contributed by atoms with E-state index in [4.69, 9.17) is 0 Å². The van der Waals surface area contributed by atoms with E-state index in [0.29, 0.717) is 5.69 Å². The minimum absolute atomic E-state index is 0.321. The number of rotatable bonds is 4. The van der Waals surface area contributed by atoms with Crippen LogP contribution < -0.4 is 5.43 Å². The molecule has 0 aromatic carbocycles. The highest BCUT2D eigenvalue weighted by Gasteiger charge is 2.14. The van der Waals surface area contributed by atoms with Crippen LogP contribution in [0.3, 0.4) is 0 Å². The second-order valence-electron chi connectivity index (χ2n) is 4.01. The lowest BCUT2D eigenvalue weighted by Gasteiger charge is -1.97. The van der Waals surface area contributed by atoms with Crippen molar-refractivity contribution in [2.45, 2.75) is 20.3 Å². The number of carbonyl (C=O) groups is 1. The minimum Gasteiger partial charge on any atom is -0.282 e. The van der Waals surface area contributed by atoms with E-state index in [0.717, 1.165) is 23.2 Å². The van der Waals surface area contributed by atoms with Crippen molar-refractivity contribution in [3.05, 3.63) is 47.0 Å². The Labute approximate surface area is 111 Å². The van der Waals surface area contributed by atoms with E-state index in [9.17, 15) is 4.79 Å². The summed E-state index contributed by atoms with van der Waals surface area (Å²) >= 11 is 0. The number of nitrogens with one attached hydrogen (secondary N) is 2. The van der Waals surface area contributed by atoms with Crippen LogP contribution in [0.4, 0.5) is 0 Å². The number of nitrogens with zero attached hydrogens (tertiary/aromatic N) is 3. The van der Waals surface area contributed by atoms with E-state index in [1.165, 1.54) is 0 Å². The highest BCUT2D eigenvalue weighted by Crippen LogP contribution is 2.09. The average molecular weight is 257 g/mol. The molecule has 2 aromatic heterocycles. The molecule has 0 aliphatic rings. The number of H-pyrrole nitrogens is 1. The van der Waals surface area contributed by atoms with Crippen molar-refractivity contribution < 1.29 is 4.79 Å². The largest absolute Gasteiger partial charge is 0.292 e. The van der Waals surface area contributed by atoms with Gasteiger partial charge in [0, 0.05) is 23.7 Å². The van der Waals surface area contributed by atoms with E-state index >= 15 is 0 Å². The molecule has 98 valence electrons. The van der Waals surface area contributed by atoms with Crippen molar-refractivity contribution in [1.29, 1.82) is 0 Å². The number of pyridine rings is 1. The molecule has 0 saturated carbocycles. The van der Waals surface area contributed by atoms with Crippen LogP contribution in [0.2, 0.25) is 0 Å². The molecule has 2 rings (SSSR count). The van der Waals surface area contributed by atoms with Crippen molar-refractivity contribution in [2.24, 2.45) is 5.10 Å². The Morgan fingerprint density at radius 1 is 1.47 bits per heavy atom. The fourth-order valence-electron chi connectivity index (χ4n) is 1.67. The first-order chi connectivity index (χ1) is 9.22. The van der Waals surface area contributed by atoms with Gasteiger partial charge in [-0.25, -0.2) is 5.43 Å². The highest BCUT2D eigenvalue weighted by molar-refractivity contribution is 5.94. The van der Waals surface area contributed by atoms with Crippen LogP contribution in [0.15, 0.2) is 29.6 Å². The number of amides is 1. The zero-order valence-electron chi connectivity index (χ0n) is 10.8. The van der Waals surface area contributed by atoms with Crippen LogP contribution in [0.25, 0.3) is 0 Å². The molecule has 2 N–H and O–H groups in total. The summed E-state index contributed by atoms with van der Waals surface area (Å²) in [7, 11) is 0. The molecule has 0 fully saturated rings. The second kappa shape index (κ2) is 5.90. The first kappa shape index (κ1) is 12.9. The third-order valence-corrected chi connectivity index (χ3v) is 2.76. The van der Waals surface area contributed by atoms with Crippen molar-refractivity contribution >= 4 is 12.1 Å². The molecule has 0 atom stereocenters. The van der Waals surface area contributed by atoms with Crippen molar-refractivity contribution in [1.82, 2.24) is 20.6 Å². The van der Waals surface area contributed by atoms with Gasteiger partial charge >= 0.3 is 0 Å². The molecule has 0 aliphatic carbocycles. The standard InChI is InChI=1S/C13H15N5O/c1-3-11-9(2)12(17-16-11)13(19)18-15-8-10-4-6-14-7-5-10/h4-8H,3H2,1-2H3,(H,16,17)(H,18,19)/b15-8-. The van der Waals surface area contributed by atoms with Crippen molar-refractivity contribution in [2.75, 3.05) is 0 Å². The van der Waals surface area contributed by atoms with Gasteiger partial charge in [-0.1, -0.05) is 6.92 Å². The lowest BCUT2D eigenvalue weighted by atomic mass is 10.1. The summed E-state index contributed by atoms with van der Waals surface area (Å²) in [6.07, 6.45) is 5.69. The summed E-state index contributed by atoms with van der Waals surface area (Å²) in [5, 5.41) is 10.7. The summed E-state index contributed by atoms with van der Waals surface area (Å²) in [6.45, 7) is 3.87. The predicted octanol–water partition coefficient (Wildman–Crippen LogP) is 1.44. The molecule has 0 bridgehead atoms. The Morgan fingerprint density at radius 3 is 2.84 bits per heavy atom. The van der Waals surface area contributed by atoms with Gasteiger partial charge in [-0.2, -0.15) is 10.2 Å². The molecule has 0 spiro atoms. The topological polar surface area (TPSA) is 83.0 Å². The first-order valence-corrected chi connectivity index (χ1v) is 5.99. The molecule has 6 heteroatoms. The SMILES string of the molecule is CCc1[nH]nc(C(=O)N/N=C\c2ccncc2)c1C. The monoisotopic (exact) mass is 257 g/mol. The van der Waals surface area contributed by atoms with Gasteiger partial charge in [0.2, 0.25) is 0 Å². The van der Waals surface area contributed by atoms with E-state index in [1.54, 1.807) is 30.7 Å². The Hall–Kier alpha value is -2.50. The Kier molecular flexibility index (Phi) is 4.02. The van der Waals surface area contributed by atoms with Crippen LogP contribution >= 0.6 is 0 Å². The third kappa shape index (κ3) is 3.04. The smallest absolute Gasteiger partial charge is 0.282 e. The molecular weight excluding hydrogens is 242 g/mol. The maximum atomic E-state index is 11.9. The summed E-state index contributed by atoms with van der Waals surface area (Å²) in [4.78, 5) is 15.8. The van der Waals surface area contributed by atoms with Gasteiger partial charge in [0.05, 0.1) is 6.21 Å². The number of carbonyl (C=O) groups excluding carboxylic acids is 1. The molecule has 2 aromatic rings. The fraction of sp³-hybridized carbons (Fsp3) is 0.231. The van der Waals surface area contributed by atoms with Crippen LogP contribution in [-0.2, 0) is 6.42 Å². The number of hydrazone groups is 1. The van der Waals surface area contributed by atoms with Gasteiger partial charge in [0.1, 0.15) is 0 Å². The average Bonchev–Trinajstić information content (AvgIpc) is 2.81. The lowest BCUT2D eigenvalue weighted by molar-refractivity contribution is 0.0949. The van der Waals surface area contributed by atoms with Crippen molar-refractivity contribution in [3.63, 3.8) is 0 Å². The van der Waals surface area contributed by atoms with E-state index in [-0.39, 0.29) is 5.91 Å². The summed E-state index contributed by atoms with van der Waals surface area (Å²) in [5.41, 5.74) is 5.52. The number of aryl methyl sites for hydroxylation is 1. The predicted molar refractivity (Wildman–Crippen MR) is 72.0 cm³/mol. The first-order valence-electron chi connectivity index (χ1n) is 5.99. The molecule has 0 unspecified atom stereocenters. The van der Waals surface area contributed by atoms with Gasteiger partial charge in [0.25, 0.3) is 5.91 Å². The zero-order chi connectivity index (χ0) is 13.7. The summed E-state index contributed by atoms with van der Waals surface area (Å²) in [5.74, 6) is -0.321. The molecule has 19 heavy (non-hydrogen) atoms. The van der Waals surface area contributed by atoms with Gasteiger partial charge in [-0.3, -0.25) is 14.9 Å². The maximum absolute atomic E-state index is 11.9. The molecule has 0 saturated heterocycles. The second-order valence-corrected chi connectivity index (χ2v) is 4.01. The third-order valence-electron chi connectivity index (χ3n) is 2.76. The van der Waals surface area contributed by atoms with E-state index in [2.05, 4.69) is 25.7 Å². The molecule has 0 aliphatic heterocycles. The van der Waals surface area contributed by atoms with Gasteiger partial charge < -0.3 is 0 Å². The quantitative estimate of drug-likeness (QED) is 0.642. The van der Waals surface area contributed by atoms with Crippen LogP contribution in [0.1, 0.15) is 34.2 Å². The Morgan fingerprint density at radius 2 is 2.21 bits per heavy atom. The Balaban J connectivity index is 2.02. The number of aromatic nitrogens is 3. The number of aromatic amines is 1. The summed E-state index contributed by atoms with van der Waals surface area (Å²) < 4.78 is 0. The van der Waals surface area contributed by atoms with E-state index < -0.39 is 0 Å². The molecule has 6 nitrogen and oxygen atoms in total. The van der Waals surface area contributed by atoms with Gasteiger partial charge in [-0.05, 0) is 31.0 Å². The normalized spacial score (nSPS) is 10.8. The van der Waals surface area contributed by atoms with Crippen LogP contribution in [-0.4, -0.2) is 27.3 Å². The zero-order valence-corrected chi connectivity index (χ0v) is 10.8. The van der Waals surface area contributed by atoms with Gasteiger partial charge in [0.15, 0.2) is 5.69 Å². The lowest BCUT2D eigenvalue weighted by Crippen LogP contribution is -2.19. The summed E-state index contributed by atoms with van der Waals surface area (Å²) in [6, 6.07) is 3.59. The Bertz CT molecular complexity index is 588. The number of hydrogen-bond acceptors (Lipinski definition) is 4. The molecule has 0 radical (unpaired) electrons. The van der Waals surface area contributed by atoms with Crippen molar-refractivity contribution in [3.8, 4) is 0 Å². The minimum atomic E-state index is -0.321. The molecule has 2 heterocycles. The maximum Gasteiger partial charge on any atom is 0.292 e. The fourth-order valence-corrected chi connectivity index (χ4v) is 1.67. The number of hydrogen-bond donors (Lipinski definition) is 2. The van der Waals surface area contributed by atoms with Crippen LogP contribution in [0.5, 0.6) is 0 Å². The van der Waals surface area contributed by atoms with Gasteiger partial charge in [-0.15, -0.1) is 0 Å². The van der Waals surface area contributed by atoms with E-state index in [1.807, 2.05) is 13.8 Å². The molecular formula is C13H15N5O. The highest BCUT2D eigenvalue weighted by atomic mass is 16.2. The molecule has 1 amide bonds.